The van der Waals surface area contributed by atoms with Crippen LogP contribution in [-0.4, -0.2) is 41.5 Å². The van der Waals surface area contributed by atoms with Crippen molar-refractivity contribution in [2.45, 2.75) is 44.2 Å². The van der Waals surface area contributed by atoms with Gasteiger partial charge in [-0.2, -0.15) is 0 Å². The van der Waals surface area contributed by atoms with Crippen molar-refractivity contribution in [2.24, 2.45) is 0 Å². The SMILES string of the molecule is CN(CC(=O)N[C@H](CC(=O)O)c1ccccc1)C1CCCC1. The van der Waals surface area contributed by atoms with E-state index >= 15 is 0 Å². The highest BCUT2D eigenvalue weighted by atomic mass is 16.4. The van der Waals surface area contributed by atoms with Crippen LogP contribution in [0.3, 0.4) is 0 Å². The summed E-state index contributed by atoms with van der Waals surface area (Å²) in [5.74, 6) is -1.04. The quantitative estimate of drug-likeness (QED) is 0.810. The van der Waals surface area contributed by atoms with Gasteiger partial charge in [0.05, 0.1) is 19.0 Å². The molecule has 1 fully saturated rings. The van der Waals surface area contributed by atoms with E-state index in [0.717, 1.165) is 18.4 Å². The lowest BCUT2D eigenvalue weighted by Crippen LogP contribution is -2.41. The second-order valence-corrected chi connectivity index (χ2v) is 5.98. The van der Waals surface area contributed by atoms with Crippen molar-refractivity contribution in [1.29, 1.82) is 0 Å². The maximum absolute atomic E-state index is 12.2. The molecule has 0 aromatic heterocycles. The Morgan fingerprint density at radius 1 is 1.27 bits per heavy atom. The molecule has 0 heterocycles. The molecule has 1 atom stereocenters. The monoisotopic (exact) mass is 304 g/mol. The van der Waals surface area contributed by atoms with Gasteiger partial charge in [0, 0.05) is 6.04 Å². The van der Waals surface area contributed by atoms with Gasteiger partial charge in [0.25, 0.3) is 0 Å². The fraction of sp³-hybridized carbons (Fsp3) is 0.529. The maximum atomic E-state index is 12.2. The normalized spacial score (nSPS) is 16.6. The molecule has 1 aliphatic rings. The zero-order valence-electron chi connectivity index (χ0n) is 13.0. The number of benzene rings is 1. The van der Waals surface area contributed by atoms with Crippen molar-refractivity contribution >= 4 is 11.9 Å². The molecule has 0 spiro atoms. The molecule has 2 rings (SSSR count). The molecule has 0 saturated heterocycles. The number of likely N-dealkylation sites (N-methyl/N-ethyl adjacent to an activating group) is 1. The van der Waals surface area contributed by atoms with Crippen LogP contribution in [-0.2, 0) is 9.59 Å². The molecular weight excluding hydrogens is 280 g/mol. The summed E-state index contributed by atoms with van der Waals surface area (Å²) in [5.41, 5.74) is 0.821. The zero-order valence-corrected chi connectivity index (χ0v) is 13.0. The van der Waals surface area contributed by atoms with Crippen LogP contribution in [0.4, 0.5) is 0 Å². The third kappa shape index (κ3) is 4.84. The van der Waals surface area contributed by atoms with Gasteiger partial charge in [-0.3, -0.25) is 14.5 Å². The molecule has 0 aliphatic heterocycles. The van der Waals surface area contributed by atoms with Gasteiger partial charge in [0.15, 0.2) is 0 Å². The van der Waals surface area contributed by atoms with E-state index < -0.39 is 12.0 Å². The summed E-state index contributed by atoms with van der Waals surface area (Å²) in [7, 11) is 1.96. The molecular formula is C17H24N2O3. The highest BCUT2D eigenvalue weighted by molar-refractivity contribution is 5.79. The standard InChI is InChI=1S/C17H24N2O3/c1-19(14-9-5-6-10-14)12-16(20)18-15(11-17(21)22)13-7-3-2-4-8-13/h2-4,7-8,14-15H,5-6,9-12H2,1H3,(H,18,20)(H,21,22)/t15-/m1/s1. The number of carboxylic acid groups (broad SMARTS) is 1. The minimum absolute atomic E-state index is 0.108. The van der Waals surface area contributed by atoms with Crippen molar-refractivity contribution in [2.75, 3.05) is 13.6 Å². The van der Waals surface area contributed by atoms with Gasteiger partial charge >= 0.3 is 5.97 Å². The van der Waals surface area contributed by atoms with Crippen LogP contribution in [0.15, 0.2) is 30.3 Å². The molecule has 120 valence electrons. The number of nitrogens with one attached hydrogen (secondary N) is 1. The van der Waals surface area contributed by atoms with Gasteiger partial charge < -0.3 is 10.4 Å². The number of amides is 1. The van der Waals surface area contributed by atoms with E-state index in [-0.39, 0.29) is 12.3 Å². The molecule has 1 aromatic carbocycles. The van der Waals surface area contributed by atoms with Crippen LogP contribution in [0.25, 0.3) is 0 Å². The van der Waals surface area contributed by atoms with E-state index in [1.54, 1.807) is 0 Å². The summed E-state index contributed by atoms with van der Waals surface area (Å²) < 4.78 is 0. The van der Waals surface area contributed by atoms with Crippen LogP contribution in [0.1, 0.15) is 43.7 Å². The van der Waals surface area contributed by atoms with Gasteiger partial charge in [-0.15, -0.1) is 0 Å². The smallest absolute Gasteiger partial charge is 0.305 e. The first-order chi connectivity index (χ1) is 10.6. The van der Waals surface area contributed by atoms with Crippen LogP contribution in [0, 0.1) is 0 Å². The second-order valence-electron chi connectivity index (χ2n) is 5.98. The second kappa shape index (κ2) is 7.94. The average molecular weight is 304 g/mol. The Morgan fingerprint density at radius 3 is 2.50 bits per heavy atom. The van der Waals surface area contributed by atoms with Crippen LogP contribution >= 0.6 is 0 Å². The molecule has 2 N–H and O–H groups in total. The Labute approximate surface area is 131 Å². The van der Waals surface area contributed by atoms with Gasteiger partial charge in [-0.1, -0.05) is 43.2 Å². The molecule has 1 amide bonds. The van der Waals surface area contributed by atoms with Gasteiger partial charge in [-0.05, 0) is 25.5 Å². The van der Waals surface area contributed by atoms with Gasteiger partial charge in [-0.25, -0.2) is 0 Å². The molecule has 1 aliphatic carbocycles. The van der Waals surface area contributed by atoms with Crippen molar-refractivity contribution in [1.82, 2.24) is 10.2 Å². The Morgan fingerprint density at radius 2 is 1.91 bits per heavy atom. The molecule has 0 unspecified atom stereocenters. The molecule has 1 saturated carbocycles. The van der Waals surface area contributed by atoms with E-state index in [2.05, 4.69) is 10.2 Å². The Balaban J connectivity index is 1.94. The number of hydrogen-bond donors (Lipinski definition) is 2. The van der Waals surface area contributed by atoms with Gasteiger partial charge in [0.1, 0.15) is 0 Å². The average Bonchev–Trinajstić information content (AvgIpc) is 3.01. The topological polar surface area (TPSA) is 69.6 Å². The maximum Gasteiger partial charge on any atom is 0.305 e. The number of carbonyl (C=O) groups is 2. The fourth-order valence-electron chi connectivity index (χ4n) is 3.05. The van der Waals surface area contributed by atoms with E-state index in [9.17, 15) is 9.59 Å². The van der Waals surface area contributed by atoms with E-state index in [0.29, 0.717) is 12.6 Å². The number of nitrogens with zero attached hydrogens (tertiary/aromatic N) is 1. The fourth-order valence-corrected chi connectivity index (χ4v) is 3.05. The van der Waals surface area contributed by atoms with Crippen molar-refractivity contribution in [3.63, 3.8) is 0 Å². The minimum atomic E-state index is -0.918. The Kier molecular flexibility index (Phi) is 5.95. The summed E-state index contributed by atoms with van der Waals surface area (Å²) in [6.07, 6.45) is 4.62. The lowest BCUT2D eigenvalue weighted by atomic mass is 10.0. The lowest BCUT2D eigenvalue weighted by molar-refractivity contribution is -0.137. The third-order valence-corrected chi connectivity index (χ3v) is 4.26. The molecule has 5 heteroatoms. The summed E-state index contributed by atoms with van der Waals surface area (Å²) in [4.78, 5) is 25.3. The number of carbonyl (C=O) groups excluding carboxylic acids is 1. The summed E-state index contributed by atoms with van der Waals surface area (Å²) in [6, 6.07) is 9.24. The summed E-state index contributed by atoms with van der Waals surface area (Å²) in [6.45, 7) is 0.313. The number of hydrogen-bond acceptors (Lipinski definition) is 3. The predicted octanol–water partition coefficient (Wildman–Crippen LogP) is 2.19. The van der Waals surface area contributed by atoms with E-state index in [4.69, 9.17) is 5.11 Å². The first-order valence-corrected chi connectivity index (χ1v) is 7.82. The predicted molar refractivity (Wildman–Crippen MR) is 84.5 cm³/mol. The van der Waals surface area contributed by atoms with Crippen molar-refractivity contribution < 1.29 is 14.7 Å². The van der Waals surface area contributed by atoms with Crippen molar-refractivity contribution in [3.8, 4) is 0 Å². The van der Waals surface area contributed by atoms with Gasteiger partial charge in [0.2, 0.25) is 5.91 Å². The molecule has 5 nitrogen and oxygen atoms in total. The van der Waals surface area contributed by atoms with Crippen molar-refractivity contribution in [3.05, 3.63) is 35.9 Å². The minimum Gasteiger partial charge on any atom is -0.481 e. The molecule has 22 heavy (non-hydrogen) atoms. The third-order valence-electron chi connectivity index (χ3n) is 4.26. The largest absolute Gasteiger partial charge is 0.481 e. The number of aliphatic carboxylic acids is 1. The number of carboxylic acids is 1. The Hall–Kier alpha value is -1.88. The molecule has 0 radical (unpaired) electrons. The molecule has 1 aromatic rings. The van der Waals surface area contributed by atoms with Crippen LogP contribution in [0.5, 0.6) is 0 Å². The lowest BCUT2D eigenvalue weighted by Gasteiger charge is -2.25. The highest BCUT2D eigenvalue weighted by Crippen LogP contribution is 2.22. The first kappa shape index (κ1) is 16.5. The first-order valence-electron chi connectivity index (χ1n) is 7.82. The van der Waals surface area contributed by atoms with E-state index in [1.165, 1.54) is 12.8 Å². The van der Waals surface area contributed by atoms with Crippen LogP contribution < -0.4 is 5.32 Å². The zero-order chi connectivity index (χ0) is 15.9. The number of rotatable bonds is 7. The summed E-state index contributed by atoms with van der Waals surface area (Å²) >= 11 is 0. The Bertz CT molecular complexity index is 498. The van der Waals surface area contributed by atoms with Crippen LogP contribution in [0.2, 0.25) is 0 Å². The summed E-state index contributed by atoms with van der Waals surface area (Å²) in [5, 5.41) is 11.9. The highest BCUT2D eigenvalue weighted by Gasteiger charge is 2.23. The van der Waals surface area contributed by atoms with E-state index in [1.807, 2.05) is 37.4 Å². The molecule has 0 bridgehead atoms.